The molecule has 0 unspecified atom stereocenters. The van der Waals surface area contributed by atoms with Crippen molar-refractivity contribution in [2.45, 2.75) is 42.3 Å². The fraction of sp³-hybridized carbons (Fsp3) is 0.480. The third-order valence-corrected chi connectivity index (χ3v) is 8.53. The number of rotatable bonds is 10. The topological polar surface area (TPSA) is 83.9 Å². The molecule has 2 aromatic rings. The van der Waals surface area contributed by atoms with Gasteiger partial charge in [0.1, 0.15) is 31.5 Å². The summed E-state index contributed by atoms with van der Waals surface area (Å²) in [6.07, 6.45) is -6.99. The molecule has 0 radical (unpaired) electrons. The number of benzene rings is 2. The molecule has 228 valence electrons. The number of halogens is 9. The Labute approximate surface area is 228 Å². The van der Waals surface area contributed by atoms with Gasteiger partial charge in [0.25, 0.3) is 0 Å². The lowest BCUT2D eigenvalue weighted by Crippen LogP contribution is -2.41. The highest BCUT2D eigenvalue weighted by Gasteiger charge is 2.46. The molecule has 0 fully saturated rings. The molecule has 3 rings (SSSR count). The van der Waals surface area contributed by atoms with E-state index < -0.39 is 112 Å². The van der Waals surface area contributed by atoms with Gasteiger partial charge in [-0.15, -0.1) is 0 Å². The minimum Gasteiger partial charge on any atom is -0.492 e. The average molecular weight is 622 g/mol. The lowest BCUT2D eigenvalue weighted by atomic mass is 9.93. The number of hydrogen-bond donors (Lipinski definition) is 1. The average Bonchev–Trinajstić information content (AvgIpc) is 2.95. The number of ether oxygens (including phenoxy) is 1. The lowest BCUT2D eigenvalue weighted by molar-refractivity contribution is -0.153. The number of carboxylic acids is 1. The molecule has 1 aliphatic rings. The molecular formula is C25H24F9NO5S. The summed E-state index contributed by atoms with van der Waals surface area (Å²) in [7, 11) is -5.23. The summed E-state index contributed by atoms with van der Waals surface area (Å²) < 4.78 is 157. The molecule has 41 heavy (non-hydrogen) atoms. The van der Waals surface area contributed by atoms with Crippen LogP contribution in [0, 0.1) is 17.2 Å². The molecule has 1 N–H and O–H groups in total. The molecule has 1 heterocycles. The second-order valence-corrected chi connectivity index (χ2v) is 11.8. The Morgan fingerprint density at radius 2 is 1.66 bits per heavy atom. The van der Waals surface area contributed by atoms with Crippen molar-refractivity contribution in [2.24, 2.45) is 11.3 Å². The van der Waals surface area contributed by atoms with Crippen LogP contribution in [0.1, 0.15) is 25.3 Å². The summed E-state index contributed by atoms with van der Waals surface area (Å²) in [5.74, 6) is -9.25. The minimum atomic E-state index is -5.31. The van der Waals surface area contributed by atoms with Crippen molar-refractivity contribution >= 4 is 27.2 Å². The number of anilines is 2. The smallest absolute Gasteiger partial charge is 0.420 e. The fourth-order valence-corrected chi connectivity index (χ4v) is 5.85. The molecule has 6 nitrogen and oxygen atoms in total. The Morgan fingerprint density at radius 3 is 2.15 bits per heavy atom. The summed E-state index contributed by atoms with van der Waals surface area (Å²) >= 11 is 0. The number of nitrogens with zero attached hydrogens (tertiary/aromatic N) is 1. The summed E-state index contributed by atoms with van der Waals surface area (Å²) in [6.45, 7) is -5.47. The van der Waals surface area contributed by atoms with Gasteiger partial charge in [-0.25, -0.2) is 34.8 Å². The van der Waals surface area contributed by atoms with E-state index >= 15 is 4.39 Å². The summed E-state index contributed by atoms with van der Waals surface area (Å²) in [5.41, 5.74) is -8.39. The Bertz CT molecular complexity index is 1360. The maximum absolute atomic E-state index is 15.6. The van der Waals surface area contributed by atoms with Crippen LogP contribution in [0.15, 0.2) is 41.3 Å². The molecule has 0 aliphatic carbocycles. The van der Waals surface area contributed by atoms with Gasteiger partial charge in [0.05, 0.1) is 16.1 Å². The second kappa shape index (κ2) is 11.6. The summed E-state index contributed by atoms with van der Waals surface area (Å²) in [6, 6.07) is 4.38. The van der Waals surface area contributed by atoms with Crippen LogP contribution >= 0.6 is 0 Å². The van der Waals surface area contributed by atoms with Crippen molar-refractivity contribution in [3.63, 3.8) is 0 Å². The largest absolute Gasteiger partial charge is 0.492 e. The Balaban J connectivity index is 2.27. The first-order valence-corrected chi connectivity index (χ1v) is 13.4. The molecule has 16 heteroatoms. The number of carboxylic acid groups (broad SMARTS) is 1. The highest BCUT2D eigenvalue weighted by Crippen LogP contribution is 2.47. The lowest BCUT2D eigenvalue weighted by Gasteiger charge is -2.29. The van der Waals surface area contributed by atoms with E-state index in [4.69, 9.17) is 4.74 Å². The SMILES string of the molecule is CC(F)(F)CC[C@@H]1CN(c2ccc(F)cc2)c2cc(C(F)(F)F)c(OCC(CF)(CF)C(=O)O)cc2S(=O)(=O)[C@@H]1F. The Kier molecular flexibility index (Phi) is 9.16. The van der Waals surface area contributed by atoms with Crippen molar-refractivity contribution in [1.29, 1.82) is 0 Å². The van der Waals surface area contributed by atoms with Crippen LogP contribution < -0.4 is 9.64 Å². The van der Waals surface area contributed by atoms with Crippen molar-refractivity contribution in [3.05, 3.63) is 47.8 Å². The first-order chi connectivity index (χ1) is 18.9. The molecule has 1 aliphatic heterocycles. The maximum Gasteiger partial charge on any atom is 0.420 e. The van der Waals surface area contributed by atoms with Gasteiger partial charge in [0, 0.05) is 30.6 Å². The van der Waals surface area contributed by atoms with Crippen molar-refractivity contribution in [2.75, 3.05) is 31.4 Å². The van der Waals surface area contributed by atoms with E-state index in [0.717, 1.165) is 29.2 Å². The van der Waals surface area contributed by atoms with Gasteiger partial charge in [-0.3, -0.25) is 4.79 Å². The van der Waals surface area contributed by atoms with E-state index in [0.29, 0.717) is 6.92 Å². The van der Waals surface area contributed by atoms with Gasteiger partial charge in [-0.1, -0.05) is 0 Å². The number of carbonyl (C=O) groups is 1. The van der Waals surface area contributed by atoms with Crippen LogP contribution in [0.3, 0.4) is 0 Å². The van der Waals surface area contributed by atoms with Gasteiger partial charge < -0.3 is 14.7 Å². The zero-order valence-corrected chi connectivity index (χ0v) is 22.0. The monoisotopic (exact) mass is 621 g/mol. The minimum absolute atomic E-state index is 0.105. The van der Waals surface area contributed by atoms with Gasteiger partial charge in [-0.05, 0) is 43.7 Å². The predicted molar refractivity (Wildman–Crippen MR) is 128 cm³/mol. The molecule has 0 amide bonds. The maximum atomic E-state index is 15.6. The van der Waals surface area contributed by atoms with E-state index in [2.05, 4.69) is 0 Å². The zero-order chi connectivity index (χ0) is 31.0. The van der Waals surface area contributed by atoms with Crippen LogP contribution in [0.2, 0.25) is 0 Å². The quantitative estimate of drug-likeness (QED) is 0.305. The number of fused-ring (bicyclic) bond motifs is 1. The molecular weight excluding hydrogens is 597 g/mol. The molecule has 0 bridgehead atoms. The second-order valence-electron chi connectivity index (χ2n) is 9.81. The number of sulfone groups is 1. The van der Waals surface area contributed by atoms with Crippen LogP contribution in [0.4, 0.5) is 50.9 Å². The van der Waals surface area contributed by atoms with Gasteiger partial charge in [0.15, 0.2) is 5.41 Å². The third kappa shape index (κ3) is 6.84. The molecule has 0 saturated heterocycles. The van der Waals surface area contributed by atoms with E-state index in [9.17, 15) is 53.4 Å². The highest BCUT2D eigenvalue weighted by atomic mass is 32.2. The molecule has 0 aromatic heterocycles. The first kappa shape index (κ1) is 32.3. The van der Waals surface area contributed by atoms with E-state index in [1.165, 1.54) is 0 Å². The molecule has 0 spiro atoms. The van der Waals surface area contributed by atoms with Gasteiger partial charge in [0.2, 0.25) is 21.3 Å². The number of aliphatic carboxylic acids is 1. The zero-order valence-electron chi connectivity index (χ0n) is 21.2. The van der Waals surface area contributed by atoms with E-state index in [1.807, 2.05) is 0 Å². The summed E-state index contributed by atoms with van der Waals surface area (Å²) in [4.78, 5) is 11.2. The Hall–Kier alpha value is -3.17. The van der Waals surface area contributed by atoms with Crippen LogP contribution in [-0.4, -0.2) is 57.4 Å². The first-order valence-electron chi connectivity index (χ1n) is 11.9. The molecule has 2 aromatic carbocycles. The standard InChI is InChI=1S/C25H24F9NO5S/c1-23(30,31)7-6-14-10-35(16-4-2-15(28)3-5-16)18-8-17(25(32,33)34)19(9-20(18)41(38,39)21(14)29)40-13-24(11-26,12-27)22(36)37/h2-5,8-9,14,21H,6-7,10-13H2,1H3,(H,36,37)/t14-,21+/m1/s1. The van der Waals surface area contributed by atoms with E-state index in [1.54, 1.807) is 0 Å². The normalized spacial score (nSPS) is 19.4. The van der Waals surface area contributed by atoms with Crippen LogP contribution in [0.5, 0.6) is 5.75 Å². The molecule has 0 saturated carbocycles. The highest BCUT2D eigenvalue weighted by molar-refractivity contribution is 7.92. The van der Waals surface area contributed by atoms with E-state index in [-0.39, 0.29) is 17.8 Å². The van der Waals surface area contributed by atoms with Crippen molar-refractivity contribution < 1.29 is 62.6 Å². The Morgan fingerprint density at radius 1 is 1.07 bits per heavy atom. The van der Waals surface area contributed by atoms with Gasteiger partial charge in [-0.2, -0.15) is 13.2 Å². The van der Waals surface area contributed by atoms with Gasteiger partial charge >= 0.3 is 12.1 Å². The fourth-order valence-electron chi connectivity index (χ4n) is 4.15. The van der Waals surface area contributed by atoms with Crippen molar-refractivity contribution in [1.82, 2.24) is 0 Å². The summed E-state index contributed by atoms with van der Waals surface area (Å²) in [5, 5.41) is 9.18. The van der Waals surface area contributed by atoms with Crippen molar-refractivity contribution in [3.8, 4) is 5.75 Å². The molecule has 2 atom stereocenters. The number of alkyl halides is 8. The third-order valence-electron chi connectivity index (χ3n) is 6.61. The predicted octanol–water partition coefficient (Wildman–Crippen LogP) is 6.51. The van der Waals surface area contributed by atoms with Crippen LogP contribution in [0.25, 0.3) is 0 Å². The number of hydrogen-bond acceptors (Lipinski definition) is 5. The van der Waals surface area contributed by atoms with Crippen LogP contribution in [-0.2, 0) is 20.8 Å².